The zero-order chi connectivity index (χ0) is 24.0. The van der Waals surface area contributed by atoms with Gasteiger partial charge in [0.15, 0.2) is 11.3 Å². The van der Waals surface area contributed by atoms with Crippen LogP contribution in [0.1, 0.15) is 73.5 Å². The first-order chi connectivity index (χ1) is 16.3. The highest BCUT2D eigenvalue weighted by Crippen LogP contribution is 2.38. The van der Waals surface area contributed by atoms with Crippen molar-refractivity contribution in [3.05, 3.63) is 58.9 Å². The molecule has 7 nitrogen and oxygen atoms in total. The second-order valence-corrected chi connectivity index (χ2v) is 8.90. The number of pyridine rings is 1. The molecule has 3 heterocycles. The maximum Gasteiger partial charge on any atom is 0.266 e. The van der Waals surface area contributed by atoms with Gasteiger partial charge < -0.3 is 10.4 Å². The van der Waals surface area contributed by atoms with E-state index in [0.29, 0.717) is 28.3 Å². The summed E-state index contributed by atoms with van der Waals surface area (Å²) >= 11 is 0. The second-order valence-electron chi connectivity index (χ2n) is 8.90. The Hall–Kier alpha value is -3.27. The van der Waals surface area contributed by atoms with Gasteiger partial charge in [-0.2, -0.15) is 0 Å². The minimum absolute atomic E-state index is 0.133. The maximum absolute atomic E-state index is 14.8. The summed E-state index contributed by atoms with van der Waals surface area (Å²) in [7, 11) is 0. The molecular weight excluding hydrogens is 445 g/mol. The van der Waals surface area contributed by atoms with Gasteiger partial charge in [-0.15, -0.1) is 10.2 Å². The van der Waals surface area contributed by atoms with E-state index in [0.717, 1.165) is 37.3 Å². The van der Waals surface area contributed by atoms with E-state index in [4.69, 9.17) is 0 Å². The summed E-state index contributed by atoms with van der Waals surface area (Å²) in [5.74, 6) is 0.249. The topological polar surface area (TPSA) is 88.2 Å². The standard InChI is InChI=1S/C24H25F3N6O/c1-12(16-4-3-5-17(20(16)25)21(26)27)29-22-19-10-18(14-6-8-15(34)9-7-14)24-32-28-11-33(24)23(19)31-13(2)30-22/h3-5,10-12,14-15,21,34H,6-9H2,1-2H3,(H,29,30,31)/t12-,14-,15-/m1/s1. The van der Waals surface area contributed by atoms with Gasteiger partial charge in [0.2, 0.25) is 0 Å². The molecule has 0 saturated heterocycles. The molecule has 4 aromatic rings. The van der Waals surface area contributed by atoms with Gasteiger partial charge in [0.25, 0.3) is 6.43 Å². The molecule has 0 spiro atoms. The van der Waals surface area contributed by atoms with E-state index in [1.807, 2.05) is 10.5 Å². The summed E-state index contributed by atoms with van der Waals surface area (Å²) in [4.78, 5) is 9.15. The fourth-order valence-corrected chi connectivity index (χ4v) is 4.84. The lowest BCUT2D eigenvalue weighted by molar-refractivity contribution is 0.122. The van der Waals surface area contributed by atoms with Gasteiger partial charge in [-0.05, 0) is 51.5 Å². The van der Waals surface area contributed by atoms with Crippen LogP contribution >= 0.6 is 0 Å². The maximum atomic E-state index is 14.8. The van der Waals surface area contributed by atoms with Crippen LogP contribution in [0.3, 0.4) is 0 Å². The number of aromatic nitrogens is 5. The van der Waals surface area contributed by atoms with Crippen molar-refractivity contribution in [2.75, 3.05) is 5.32 Å². The molecule has 34 heavy (non-hydrogen) atoms. The zero-order valence-electron chi connectivity index (χ0n) is 18.8. The molecule has 0 amide bonds. The summed E-state index contributed by atoms with van der Waals surface area (Å²) in [6.07, 6.45) is 1.51. The lowest BCUT2D eigenvalue weighted by atomic mass is 9.83. The summed E-state index contributed by atoms with van der Waals surface area (Å²) in [6.45, 7) is 3.46. The summed E-state index contributed by atoms with van der Waals surface area (Å²) < 4.78 is 43.0. The van der Waals surface area contributed by atoms with Crippen molar-refractivity contribution in [2.45, 2.75) is 64.0 Å². The van der Waals surface area contributed by atoms with Crippen LogP contribution in [0.25, 0.3) is 16.7 Å². The van der Waals surface area contributed by atoms with Crippen molar-refractivity contribution in [1.29, 1.82) is 0 Å². The number of benzene rings is 1. The Morgan fingerprint density at radius 3 is 2.56 bits per heavy atom. The van der Waals surface area contributed by atoms with Crippen molar-refractivity contribution in [3.63, 3.8) is 0 Å². The van der Waals surface area contributed by atoms with Crippen molar-refractivity contribution >= 4 is 22.5 Å². The molecule has 1 aromatic carbocycles. The lowest BCUT2D eigenvalue weighted by Gasteiger charge is -2.26. The number of hydrogen-bond acceptors (Lipinski definition) is 6. The largest absolute Gasteiger partial charge is 0.393 e. The third-order valence-electron chi connectivity index (χ3n) is 6.62. The van der Waals surface area contributed by atoms with Gasteiger partial charge in [-0.3, -0.25) is 4.40 Å². The highest BCUT2D eigenvalue weighted by Gasteiger charge is 2.26. The van der Waals surface area contributed by atoms with Crippen LogP contribution in [0.4, 0.5) is 19.0 Å². The van der Waals surface area contributed by atoms with Crippen LogP contribution in [0.15, 0.2) is 30.6 Å². The van der Waals surface area contributed by atoms with Crippen molar-refractivity contribution < 1.29 is 18.3 Å². The van der Waals surface area contributed by atoms with Crippen LogP contribution in [0.2, 0.25) is 0 Å². The molecule has 178 valence electrons. The first-order valence-electron chi connectivity index (χ1n) is 11.4. The number of rotatable bonds is 5. The number of alkyl halides is 2. The van der Waals surface area contributed by atoms with E-state index >= 15 is 0 Å². The Balaban J connectivity index is 1.60. The van der Waals surface area contributed by atoms with Gasteiger partial charge in [0.1, 0.15) is 23.8 Å². The molecule has 2 N–H and O–H groups in total. The molecule has 1 fully saturated rings. The number of aliphatic hydroxyl groups excluding tert-OH is 1. The normalized spacial score (nSPS) is 19.7. The molecule has 0 aliphatic heterocycles. The SMILES string of the molecule is Cc1nc(N[C@H](C)c2cccc(C(F)F)c2F)c2cc([C@H]3CC[C@H](O)CC3)c3nncn3c2n1. The lowest BCUT2D eigenvalue weighted by Crippen LogP contribution is -2.18. The molecule has 0 bridgehead atoms. The Morgan fingerprint density at radius 2 is 1.82 bits per heavy atom. The number of nitrogens with one attached hydrogen (secondary N) is 1. The average molecular weight is 470 g/mol. The monoisotopic (exact) mass is 470 g/mol. The molecule has 10 heteroatoms. The van der Waals surface area contributed by atoms with Crippen LogP contribution < -0.4 is 5.32 Å². The molecule has 0 radical (unpaired) electrons. The summed E-state index contributed by atoms with van der Waals surface area (Å²) in [5, 5.41) is 22.3. The molecule has 0 unspecified atom stereocenters. The minimum atomic E-state index is -2.90. The van der Waals surface area contributed by atoms with Crippen LogP contribution in [0, 0.1) is 12.7 Å². The summed E-state index contributed by atoms with van der Waals surface area (Å²) in [6, 6.07) is 5.38. The highest BCUT2D eigenvalue weighted by atomic mass is 19.3. The van der Waals surface area contributed by atoms with Crippen molar-refractivity contribution in [3.8, 4) is 0 Å². The molecule has 1 saturated carbocycles. The van der Waals surface area contributed by atoms with Crippen LogP contribution in [-0.4, -0.2) is 35.8 Å². The molecule has 1 aliphatic carbocycles. The summed E-state index contributed by atoms with van der Waals surface area (Å²) in [5.41, 5.74) is 1.81. The fraction of sp³-hybridized carbons (Fsp3) is 0.417. The van der Waals surface area contributed by atoms with E-state index in [-0.39, 0.29) is 17.6 Å². The first kappa shape index (κ1) is 22.5. The highest BCUT2D eigenvalue weighted by molar-refractivity contribution is 5.90. The Bertz CT molecular complexity index is 1350. The number of hydrogen-bond donors (Lipinski definition) is 2. The predicted octanol–water partition coefficient (Wildman–Crippen LogP) is 5.25. The number of anilines is 1. The molecule has 5 rings (SSSR count). The van der Waals surface area contributed by atoms with E-state index in [1.54, 1.807) is 20.2 Å². The third kappa shape index (κ3) is 3.96. The smallest absolute Gasteiger partial charge is 0.266 e. The first-order valence-corrected chi connectivity index (χ1v) is 11.4. The minimum Gasteiger partial charge on any atom is -0.393 e. The van der Waals surface area contributed by atoms with Gasteiger partial charge in [-0.25, -0.2) is 23.1 Å². The van der Waals surface area contributed by atoms with Crippen molar-refractivity contribution in [1.82, 2.24) is 24.6 Å². The third-order valence-corrected chi connectivity index (χ3v) is 6.62. The van der Waals surface area contributed by atoms with Gasteiger partial charge in [0, 0.05) is 11.1 Å². The van der Waals surface area contributed by atoms with Gasteiger partial charge >= 0.3 is 0 Å². The zero-order valence-corrected chi connectivity index (χ0v) is 18.8. The number of halogens is 3. The van der Waals surface area contributed by atoms with Gasteiger partial charge in [-0.1, -0.05) is 18.2 Å². The second kappa shape index (κ2) is 8.83. The number of aliphatic hydroxyl groups is 1. The number of aryl methyl sites for hydroxylation is 1. The van der Waals surface area contributed by atoms with E-state index in [9.17, 15) is 18.3 Å². The van der Waals surface area contributed by atoms with Crippen LogP contribution in [-0.2, 0) is 0 Å². The Kier molecular flexibility index (Phi) is 5.85. The van der Waals surface area contributed by atoms with Crippen molar-refractivity contribution in [2.24, 2.45) is 0 Å². The Morgan fingerprint density at radius 1 is 1.09 bits per heavy atom. The molecule has 1 atom stereocenters. The predicted molar refractivity (Wildman–Crippen MR) is 121 cm³/mol. The number of nitrogens with zero attached hydrogens (tertiary/aromatic N) is 5. The fourth-order valence-electron chi connectivity index (χ4n) is 4.84. The molecule has 3 aromatic heterocycles. The van der Waals surface area contributed by atoms with E-state index < -0.39 is 23.8 Å². The molecule has 1 aliphatic rings. The quantitative estimate of drug-likeness (QED) is 0.414. The van der Waals surface area contributed by atoms with E-state index in [2.05, 4.69) is 25.5 Å². The van der Waals surface area contributed by atoms with Crippen LogP contribution in [0.5, 0.6) is 0 Å². The average Bonchev–Trinajstić information content (AvgIpc) is 3.29. The number of fused-ring (bicyclic) bond motifs is 3. The van der Waals surface area contributed by atoms with Gasteiger partial charge in [0.05, 0.1) is 23.1 Å². The Labute approximate surface area is 194 Å². The van der Waals surface area contributed by atoms with E-state index in [1.165, 1.54) is 12.1 Å². The molecular formula is C24H25F3N6O.